The van der Waals surface area contributed by atoms with E-state index in [0.29, 0.717) is 0 Å². The number of aliphatic hydroxyl groups is 1. The lowest BCUT2D eigenvalue weighted by Crippen LogP contribution is -2.52. The molecule has 3 amide bonds. The molecule has 10 heteroatoms. The van der Waals surface area contributed by atoms with E-state index in [1.165, 1.54) is 11.8 Å². The normalized spacial score (nSPS) is 20.2. The van der Waals surface area contributed by atoms with Crippen molar-refractivity contribution < 1.29 is 24.6 Å². The summed E-state index contributed by atoms with van der Waals surface area (Å²) in [7, 11) is 0. The highest BCUT2D eigenvalue weighted by Gasteiger charge is 2.40. The Hall–Kier alpha value is -2.98. The van der Waals surface area contributed by atoms with Crippen molar-refractivity contribution in [2.45, 2.75) is 51.4 Å². The van der Waals surface area contributed by atoms with Crippen molar-refractivity contribution in [1.82, 2.24) is 20.5 Å². The van der Waals surface area contributed by atoms with E-state index in [2.05, 4.69) is 15.6 Å². The summed E-state index contributed by atoms with van der Waals surface area (Å²) < 4.78 is 0. The van der Waals surface area contributed by atoms with Crippen LogP contribution in [0.3, 0.4) is 0 Å². The van der Waals surface area contributed by atoms with Crippen LogP contribution in [-0.4, -0.2) is 62.7 Å². The Kier molecular flexibility index (Phi) is 6.91. The number of nitrogens with one attached hydrogen (secondary N) is 2. The van der Waals surface area contributed by atoms with Gasteiger partial charge < -0.3 is 25.7 Å². The van der Waals surface area contributed by atoms with Crippen LogP contribution in [0.5, 0.6) is 0 Å². The molecule has 0 bridgehead atoms. The molecular weight excluding hydrogens is 420 g/mol. The molecule has 0 unspecified atom stereocenters. The molecule has 1 aliphatic heterocycles. The van der Waals surface area contributed by atoms with Gasteiger partial charge in [0.2, 0.25) is 11.8 Å². The van der Waals surface area contributed by atoms with Crippen LogP contribution in [0.4, 0.5) is 4.79 Å². The Balaban J connectivity index is 1.67. The number of carbonyl (C=O) groups is 3. The largest absolute Gasteiger partial charge is 0.465 e. The Morgan fingerprint density at radius 1 is 1.19 bits per heavy atom. The number of aliphatic hydroxyl groups excluding tert-OH is 1. The van der Waals surface area contributed by atoms with Crippen molar-refractivity contribution in [2.24, 2.45) is 0 Å². The van der Waals surface area contributed by atoms with Gasteiger partial charge in [-0.1, -0.05) is 24.3 Å². The van der Waals surface area contributed by atoms with E-state index in [4.69, 9.17) is 5.11 Å². The second kappa shape index (κ2) is 9.44. The molecule has 2 aromatic rings. The molecule has 0 radical (unpaired) electrons. The number of β-amino-alcohol motifs (C(OH)–C–C–N with tert-alkyl or cyclic N) is 1. The third-order valence-electron chi connectivity index (χ3n) is 5.35. The number of likely N-dealkylation sites (tertiary alicyclic amines) is 1. The highest BCUT2D eigenvalue weighted by atomic mass is 32.1. The molecule has 0 aliphatic carbocycles. The fourth-order valence-corrected chi connectivity index (χ4v) is 4.51. The number of hydrogen-bond donors (Lipinski definition) is 4. The van der Waals surface area contributed by atoms with Crippen LogP contribution in [0.15, 0.2) is 29.8 Å². The second-order valence-electron chi connectivity index (χ2n) is 7.69. The first-order valence-electron chi connectivity index (χ1n) is 9.96. The van der Waals surface area contributed by atoms with Gasteiger partial charge in [-0.15, -0.1) is 11.3 Å². The van der Waals surface area contributed by atoms with Gasteiger partial charge in [0.05, 0.1) is 28.2 Å². The predicted molar refractivity (Wildman–Crippen MR) is 116 cm³/mol. The van der Waals surface area contributed by atoms with E-state index < -0.39 is 30.2 Å². The molecular formula is C21H26N4O5S. The monoisotopic (exact) mass is 446 g/mol. The molecule has 166 valence electrons. The Bertz CT molecular complexity index is 961. The molecule has 4 N–H and O–H groups in total. The average Bonchev–Trinajstić information content (AvgIpc) is 3.32. The summed E-state index contributed by atoms with van der Waals surface area (Å²) in [5, 5.41) is 23.8. The fraction of sp³-hybridized carbons (Fsp3) is 0.429. The zero-order valence-corrected chi connectivity index (χ0v) is 18.3. The van der Waals surface area contributed by atoms with Gasteiger partial charge in [0.15, 0.2) is 0 Å². The summed E-state index contributed by atoms with van der Waals surface area (Å²) >= 11 is 1.57. The number of benzene rings is 1. The van der Waals surface area contributed by atoms with Gasteiger partial charge in [0, 0.05) is 13.0 Å². The second-order valence-corrected chi connectivity index (χ2v) is 8.54. The third-order valence-corrected chi connectivity index (χ3v) is 6.33. The minimum atomic E-state index is -1.33. The molecule has 3 rings (SSSR count). The van der Waals surface area contributed by atoms with Crippen LogP contribution >= 0.6 is 11.3 Å². The third kappa shape index (κ3) is 5.20. The van der Waals surface area contributed by atoms with E-state index in [-0.39, 0.29) is 24.9 Å². The van der Waals surface area contributed by atoms with Crippen LogP contribution in [0.2, 0.25) is 0 Å². The van der Waals surface area contributed by atoms with E-state index >= 15 is 0 Å². The highest BCUT2D eigenvalue weighted by Crippen LogP contribution is 2.28. The summed E-state index contributed by atoms with van der Waals surface area (Å²) in [5.74, 6) is -0.932. The number of hydrogen-bond acceptors (Lipinski definition) is 6. The number of aromatic nitrogens is 1. The highest BCUT2D eigenvalue weighted by molar-refractivity contribution is 7.13. The summed E-state index contributed by atoms with van der Waals surface area (Å²) in [6, 6.07) is 5.64. The van der Waals surface area contributed by atoms with Crippen LogP contribution < -0.4 is 10.6 Å². The standard InChI is InChI=1S/C21H26N4O5S/c1-11(14-4-6-15(7-5-14)18-12(2)22-10-31-18)23-19(27)17-8-16(26)9-25(17)20(28)13(3)24-21(29)30/h4-7,10-11,13,16-17,24,26H,8-9H2,1-3H3,(H,23,27)(H,29,30)/t11-,13-,16+,17-/m0/s1. The van der Waals surface area contributed by atoms with E-state index in [1.807, 2.05) is 38.1 Å². The lowest BCUT2D eigenvalue weighted by molar-refractivity contribution is -0.139. The Labute approximate surface area is 184 Å². The zero-order chi connectivity index (χ0) is 22.7. The number of aryl methyl sites for hydroxylation is 1. The minimum absolute atomic E-state index is 0.0141. The zero-order valence-electron chi connectivity index (χ0n) is 17.5. The van der Waals surface area contributed by atoms with Crippen LogP contribution in [0.1, 0.15) is 37.6 Å². The number of rotatable bonds is 6. The summed E-state index contributed by atoms with van der Waals surface area (Å²) in [5.41, 5.74) is 4.72. The fourth-order valence-electron chi connectivity index (χ4n) is 3.70. The molecule has 1 aromatic carbocycles. The summed E-state index contributed by atoms with van der Waals surface area (Å²) in [6.45, 7) is 5.19. The number of carboxylic acid groups (broad SMARTS) is 1. The van der Waals surface area contributed by atoms with Gasteiger partial charge in [0.25, 0.3) is 0 Å². The van der Waals surface area contributed by atoms with Gasteiger partial charge in [-0.25, -0.2) is 9.78 Å². The topological polar surface area (TPSA) is 132 Å². The van der Waals surface area contributed by atoms with Gasteiger partial charge in [-0.3, -0.25) is 9.59 Å². The van der Waals surface area contributed by atoms with E-state index in [1.54, 1.807) is 16.8 Å². The van der Waals surface area contributed by atoms with Crippen molar-refractivity contribution >= 4 is 29.2 Å². The summed E-state index contributed by atoms with van der Waals surface area (Å²) in [6.07, 6.45) is -2.06. The van der Waals surface area contributed by atoms with Crippen molar-refractivity contribution in [3.63, 3.8) is 0 Å². The van der Waals surface area contributed by atoms with Crippen molar-refractivity contribution in [3.05, 3.63) is 41.0 Å². The lowest BCUT2D eigenvalue weighted by Gasteiger charge is -2.27. The molecule has 2 heterocycles. The van der Waals surface area contributed by atoms with Crippen LogP contribution in [-0.2, 0) is 9.59 Å². The number of carbonyl (C=O) groups excluding carboxylic acids is 2. The number of nitrogens with zero attached hydrogens (tertiary/aromatic N) is 2. The molecule has 1 fully saturated rings. The average molecular weight is 447 g/mol. The first kappa shape index (κ1) is 22.7. The number of amides is 3. The minimum Gasteiger partial charge on any atom is -0.465 e. The summed E-state index contributed by atoms with van der Waals surface area (Å²) in [4.78, 5) is 42.9. The van der Waals surface area contributed by atoms with Crippen molar-refractivity contribution in [1.29, 1.82) is 0 Å². The molecule has 4 atom stereocenters. The van der Waals surface area contributed by atoms with Gasteiger partial charge in [-0.05, 0) is 31.9 Å². The van der Waals surface area contributed by atoms with Gasteiger partial charge in [-0.2, -0.15) is 0 Å². The maximum atomic E-state index is 12.9. The van der Waals surface area contributed by atoms with Crippen LogP contribution in [0.25, 0.3) is 10.4 Å². The molecule has 9 nitrogen and oxygen atoms in total. The Morgan fingerprint density at radius 3 is 2.45 bits per heavy atom. The SMILES string of the molecule is Cc1ncsc1-c1ccc([C@H](C)NC(=O)[C@@H]2C[C@@H](O)CN2C(=O)[C@H](C)NC(=O)O)cc1. The van der Waals surface area contributed by atoms with E-state index in [0.717, 1.165) is 21.7 Å². The predicted octanol–water partition coefficient (Wildman–Crippen LogP) is 1.91. The first-order valence-corrected chi connectivity index (χ1v) is 10.8. The molecule has 0 saturated carbocycles. The molecule has 1 aliphatic rings. The van der Waals surface area contributed by atoms with Crippen molar-refractivity contribution in [3.8, 4) is 10.4 Å². The van der Waals surface area contributed by atoms with E-state index in [9.17, 15) is 19.5 Å². The van der Waals surface area contributed by atoms with Crippen LogP contribution in [0, 0.1) is 6.92 Å². The molecule has 0 spiro atoms. The number of thiazole rings is 1. The quantitative estimate of drug-likeness (QED) is 0.536. The maximum absolute atomic E-state index is 12.9. The molecule has 1 saturated heterocycles. The Morgan fingerprint density at radius 2 is 1.87 bits per heavy atom. The smallest absolute Gasteiger partial charge is 0.405 e. The lowest BCUT2D eigenvalue weighted by atomic mass is 10.0. The first-order chi connectivity index (χ1) is 14.7. The van der Waals surface area contributed by atoms with Crippen molar-refractivity contribution in [2.75, 3.05) is 6.54 Å². The van der Waals surface area contributed by atoms with Gasteiger partial charge in [0.1, 0.15) is 12.1 Å². The maximum Gasteiger partial charge on any atom is 0.405 e. The molecule has 31 heavy (non-hydrogen) atoms. The molecule has 1 aromatic heterocycles. The van der Waals surface area contributed by atoms with Gasteiger partial charge >= 0.3 is 6.09 Å².